The summed E-state index contributed by atoms with van der Waals surface area (Å²) < 4.78 is 24.3. The predicted molar refractivity (Wildman–Crippen MR) is 90.4 cm³/mol. The summed E-state index contributed by atoms with van der Waals surface area (Å²) >= 11 is 0. The second-order valence-electron chi connectivity index (χ2n) is 8.11. The van der Waals surface area contributed by atoms with E-state index in [1.165, 1.54) is 19.3 Å². The Morgan fingerprint density at radius 2 is 1.61 bits per heavy atom. The largest absolute Gasteiger partial charge is 0.330 e. The lowest BCUT2D eigenvalue weighted by Crippen LogP contribution is -2.49. The number of nitrogens with two attached hydrogens (primary N) is 2. The van der Waals surface area contributed by atoms with Crippen molar-refractivity contribution < 1.29 is 8.42 Å². The van der Waals surface area contributed by atoms with E-state index in [1.807, 2.05) is 6.07 Å². The molecule has 23 heavy (non-hydrogen) atoms. The number of hydrogen-bond acceptors (Lipinski definition) is 3. The van der Waals surface area contributed by atoms with Gasteiger partial charge in [-0.05, 0) is 91.9 Å². The molecule has 1 aromatic rings. The number of rotatable bonds is 4. The highest BCUT2D eigenvalue weighted by atomic mass is 32.2. The van der Waals surface area contributed by atoms with Crippen molar-refractivity contribution in [2.24, 2.45) is 28.6 Å². The summed E-state index contributed by atoms with van der Waals surface area (Å²) in [6.07, 6.45) is 8.20. The zero-order valence-electron chi connectivity index (χ0n) is 13.5. The van der Waals surface area contributed by atoms with Crippen LogP contribution in [0.4, 0.5) is 0 Å². The molecule has 4 saturated carbocycles. The van der Waals surface area contributed by atoms with E-state index in [9.17, 15) is 8.42 Å². The zero-order valence-corrected chi connectivity index (χ0v) is 14.3. The number of hydrogen-bond donors (Lipinski definition) is 2. The molecule has 4 fully saturated rings. The van der Waals surface area contributed by atoms with Gasteiger partial charge in [-0.15, -0.1) is 0 Å². The van der Waals surface area contributed by atoms with E-state index >= 15 is 0 Å². The molecule has 4 aliphatic carbocycles. The van der Waals surface area contributed by atoms with Gasteiger partial charge in [0.25, 0.3) is 0 Å². The number of sulfonamides is 1. The summed E-state index contributed by atoms with van der Waals surface area (Å²) in [4.78, 5) is 0.347. The van der Waals surface area contributed by atoms with Crippen molar-refractivity contribution in [3.63, 3.8) is 0 Å². The van der Waals surface area contributed by atoms with E-state index in [1.54, 1.807) is 6.07 Å². The number of primary sulfonamides is 1. The molecule has 0 heterocycles. The molecule has 0 aliphatic heterocycles. The average Bonchev–Trinajstić information content (AvgIpc) is 2.45. The molecule has 126 valence electrons. The smallest absolute Gasteiger partial charge is 0.238 e. The van der Waals surface area contributed by atoms with Crippen molar-refractivity contribution in [3.8, 4) is 0 Å². The van der Waals surface area contributed by atoms with Gasteiger partial charge in [-0.2, -0.15) is 0 Å². The Balaban J connectivity index is 1.85. The molecular weight excluding hydrogens is 308 g/mol. The summed E-state index contributed by atoms with van der Waals surface area (Å²) in [5.74, 6) is 2.31. The molecule has 0 amide bonds. The van der Waals surface area contributed by atoms with Crippen LogP contribution in [-0.4, -0.2) is 15.0 Å². The average molecular weight is 334 g/mol. The van der Waals surface area contributed by atoms with Crippen LogP contribution in [0, 0.1) is 17.8 Å². The molecule has 4 nitrogen and oxygen atoms in total. The van der Waals surface area contributed by atoms with Gasteiger partial charge in [0.2, 0.25) is 10.0 Å². The van der Waals surface area contributed by atoms with Gasteiger partial charge in [-0.25, -0.2) is 13.6 Å². The van der Waals surface area contributed by atoms with E-state index in [4.69, 9.17) is 10.9 Å². The molecule has 4 bridgehead atoms. The van der Waals surface area contributed by atoms with E-state index < -0.39 is 10.0 Å². The molecule has 0 atom stereocenters. The van der Waals surface area contributed by atoms with Crippen LogP contribution >= 0.6 is 0 Å². The normalized spacial score (nSPS) is 35.7. The van der Waals surface area contributed by atoms with Crippen molar-refractivity contribution in [1.82, 2.24) is 0 Å². The predicted octanol–water partition coefficient (Wildman–Crippen LogP) is 2.30. The third-order valence-corrected chi connectivity index (χ3v) is 7.36. The lowest BCUT2D eigenvalue weighted by atomic mass is 9.48. The van der Waals surface area contributed by atoms with Gasteiger partial charge in [0.05, 0.1) is 4.90 Å². The van der Waals surface area contributed by atoms with Crippen LogP contribution in [-0.2, 0) is 21.9 Å². The summed E-state index contributed by atoms with van der Waals surface area (Å²) in [7, 11) is -3.69. The van der Waals surface area contributed by atoms with Gasteiger partial charge in [0, 0.05) is 0 Å². The minimum atomic E-state index is -3.69. The van der Waals surface area contributed by atoms with Gasteiger partial charge in [0.1, 0.15) is 0 Å². The number of benzene rings is 1. The molecule has 0 unspecified atom stereocenters. The van der Waals surface area contributed by atoms with E-state index in [0.717, 1.165) is 54.6 Å². The maximum absolute atomic E-state index is 12.2. The maximum Gasteiger partial charge on any atom is 0.238 e. The van der Waals surface area contributed by atoms with Gasteiger partial charge >= 0.3 is 0 Å². The van der Waals surface area contributed by atoms with Crippen molar-refractivity contribution in [2.45, 2.75) is 55.3 Å². The van der Waals surface area contributed by atoms with Gasteiger partial charge in [-0.3, -0.25) is 0 Å². The first kappa shape index (κ1) is 15.6. The molecule has 1 aromatic carbocycles. The third kappa shape index (κ3) is 2.63. The summed E-state index contributed by atoms with van der Waals surface area (Å²) in [5, 5.41) is 5.55. The summed E-state index contributed by atoms with van der Waals surface area (Å²) in [5.41, 5.74) is 7.85. The molecule has 4 N–H and O–H groups in total. The molecule has 0 saturated heterocycles. The highest BCUT2D eigenvalue weighted by Gasteiger charge is 2.52. The van der Waals surface area contributed by atoms with E-state index in [2.05, 4.69) is 6.07 Å². The topological polar surface area (TPSA) is 86.2 Å². The Hall–Kier alpha value is -0.910. The Kier molecular flexibility index (Phi) is 3.59. The van der Waals surface area contributed by atoms with Crippen LogP contribution in [0.5, 0.6) is 0 Å². The first-order valence-electron chi connectivity index (χ1n) is 8.76. The molecule has 4 aliphatic rings. The first-order valence-corrected chi connectivity index (χ1v) is 10.3. The monoisotopic (exact) mass is 334 g/mol. The third-order valence-electron chi connectivity index (χ3n) is 6.39. The first-order chi connectivity index (χ1) is 10.9. The second-order valence-corrected chi connectivity index (χ2v) is 9.64. The fraction of sp³-hybridized carbons (Fsp3) is 0.667. The summed E-state index contributed by atoms with van der Waals surface area (Å²) in [6.45, 7) is 0.578. The lowest BCUT2D eigenvalue weighted by Gasteiger charge is -2.57. The van der Waals surface area contributed by atoms with Crippen molar-refractivity contribution >= 4 is 10.0 Å². The van der Waals surface area contributed by atoms with Crippen LogP contribution in [0.15, 0.2) is 23.1 Å². The van der Waals surface area contributed by atoms with E-state index in [0.29, 0.717) is 11.4 Å². The Labute approximate surface area is 138 Å². The van der Waals surface area contributed by atoms with Crippen molar-refractivity contribution in [1.29, 1.82) is 0 Å². The fourth-order valence-electron chi connectivity index (χ4n) is 6.00. The zero-order chi connectivity index (χ0) is 16.2. The van der Waals surface area contributed by atoms with Crippen LogP contribution in [0.25, 0.3) is 0 Å². The van der Waals surface area contributed by atoms with Gasteiger partial charge < -0.3 is 5.73 Å². The quantitative estimate of drug-likeness (QED) is 0.886. The maximum atomic E-state index is 12.2. The molecule has 5 rings (SSSR count). The minimum absolute atomic E-state index is 0.0289. The highest BCUT2D eigenvalue weighted by molar-refractivity contribution is 7.89. The molecular formula is C18H26N2O2S. The van der Waals surface area contributed by atoms with Gasteiger partial charge in [-0.1, -0.05) is 12.1 Å². The fourth-order valence-corrected chi connectivity index (χ4v) is 6.84. The molecule has 0 radical (unpaired) electrons. The molecule has 0 spiro atoms. The standard InChI is InChI=1S/C18H26N2O2S/c19-4-3-12-1-2-17(23(20,21)22)16(8-12)18-9-13-5-14(10-18)7-15(6-13)11-18/h1-2,8,13-15H,3-7,9-11,19H2,(H2,20,21,22). The SMILES string of the molecule is NCCc1ccc(S(N)(=O)=O)c(C23CC4CC(CC(C4)C2)C3)c1. The Morgan fingerprint density at radius 1 is 1.04 bits per heavy atom. The Bertz CT molecular complexity index is 691. The van der Waals surface area contributed by atoms with Crippen LogP contribution in [0.1, 0.15) is 49.7 Å². The minimum Gasteiger partial charge on any atom is -0.330 e. The lowest BCUT2D eigenvalue weighted by molar-refractivity contribution is -0.00651. The van der Waals surface area contributed by atoms with Gasteiger partial charge in [0.15, 0.2) is 0 Å². The van der Waals surface area contributed by atoms with Crippen molar-refractivity contribution in [2.75, 3.05) is 6.54 Å². The molecule has 5 heteroatoms. The van der Waals surface area contributed by atoms with Crippen LogP contribution < -0.4 is 10.9 Å². The van der Waals surface area contributed by atoms with Crippen molar-refractivity contribution in [3.05, 3.63) is 29.3 Å². The van der Waals surface area contributed by atoms with Crippen LogP contribution in [0.2, 0.25) is 0 Å². The Morgan fingerprint density at radius 3 is 2.09 bits per heavy atom. The second kappa shape index (κ2) is 5.30. The van der Waals surface area contributed by atoms with E-state index in [-0.39, 0.29) is 5.41 Å². The molecule has 0 aromatic heterocycles. The summed E-state index contributed by atoms with van der Waals surface area (Å²) in [6, 6.07) is 5.69. The van der Waals surface area contributed by atoms with Crippen LogP contribution in [0.3, 0.4) is 0 Å². The highest BCUT2D eigenvalue weighted by Crippen LogP contribution is 2.61.